The smallest absolute Gasteiger partial charge is 0.481 e. The van der Waals surface area contributed by atoms with Crippen molar-refractivity contribution in [1.29, 1.82) is 0 Å². The summed E-state index contributed by atoms with van der Waals surface area (Å²) < 4.78 is 30.3. The molecule has 0 radical (unpaired) electrons. The highest BCUT2D eigenvalue weighted by molar-refractivity contribution is 7.39. The molecule has 0 saturated carbocycles. The van der Waals surface area contributed by atoms with Crippen molar-refractivity contribution in [2.24, 2.45) is 0 Å². The number of hydrogen-bond donors (Lipinski definition) is 2. The van der Waals surface area contributed by atoms with Gasteiger partial charge in [0.05, 0.1) is 17.7 Å². The van der Waals surface area contributed by atoms with Gasteiger partial charge in [-0.1, -0.05) is 37.8 Å². The summed E-state index contributed by atoms with van der Waals surface area (Å²) in [6.45, 7) is 5.73. The maximum atomic E-state index is 13.3. The summed E-state index contributed by atoms with van der Waals surface area (Å²) in [4.78, 5) is 15.1. The summed E-state index contributed by atoms with van der Waals surface area (Å²) in [5.74, 6) is 4.43. The van der Waals surface area contributed by atoms with Crippen LogP contribution >= 0.6 is 8.03 Å². The average molecular weight is 432 g/mol. The summed E-state index contributed by atoms with van der Waals surface area (Å²) in [6.07, 6.45) is -2.00. The number of aryl methyl sites for hydroxylation is 1. The van der Waals surface area contributed by atoms with Crippen molar-refractivity contribution in [1.82, 2.24) is 4.98 Å². The number of hydrogen-bond acceptors (Lipinski definition) is 5. The van der Waals surface area contributed by atoms with E-state index < -0.39 is 26.5 Å². The first-order chi connectivity index (χ1) is 14.2. The number of carbonyl (C=O) groups is 1. The Morgan fingerprint density at radius 1 is 1.30 bits per heavy atom. The van der Waals surface area contributed by atoms with Crippen LogP contribution in [0.25, 0.3) is 11.1 Å². The highest BCUT2D eigenvalue weighted by atomic mass is 31.1. The minimum atomic E-state index is -2.23. The van der Waals surface area contributed by atoms with Crippen molar-refractivity contribution in [2.45, 2.75) is 39.2 Å². The molecule has 1 heterocycles. The molecule has 0 amide bonds. The predicted octanol–water partition coefficient (Wildman–Crippen LogP) is 4.27. The molecule has 2 unspecified atom stereocenters. The Balaban J connectivity index is 2.23. The second kappa shape index (κ2) is 10.9. The zero-order valence-corrected chi connectivity index (χ0v) is 17.9. The predicted molar refractivity (Wildman–Crippen MR) is 112 cm³/mol. The van der Waals surface area contributed by atoms with Crippen LogP contribution in [0, 0.1) is 24.6 Å². The Labute approximate surface area is 176 Å². The molecule has 0 bridgehead atoms. The maximum absolute atomic E-state index is 13.3. The number of nitrogens with zero attached hydrogens (tertiary/aromatic N) is 1. The van der Waals surface area contributed by atoms with Crippen LogP contribution in [0.1, 0.15) is 43.1 Å². The van der Waals surface area contributed by atoms with Crippen LogP contribution in [0.5, 0.6) is 0 Å². The number of benzene rings is 1. The fourth-order valence-corrected chi connectivity index (χ4v) is 3.61. The summed E-state index contributed by atoms with van der Waals surface area (Å²) in [5, 5.41) is 18.1. The average Bonchev–Trinajstić information content (AvgIpc) is 2.65. The molecule has 6 nitrogen and oxygen atoms in total. The van der Waals surface area contributed by atoms with E-state index in [4.69, 9.17) is 9.63 Å². The minimum absolute atomic E-state index is 0.0946. The second-order valence-corrected chi connectivity index (χ2v) is 8.36. The molecule has 0 spiro atoms. The van der Waals surface area contributed by atoms with Crippen molar-refractivity contribution >= 4 is 14.0 Å². The van der Waals surface area contributed by atoms with Crippen LogP contribution in [0.4, 0.5) is 4.39 Å². The molecule has 1 aromatic carbocycles. The van der Waals surface area contributed by atoms with Gasteiger partial charge in [0.25, 0.3) is 0 Å². The normalized spacial score (nSPS) is 12.3. The lowest BCUT2D eigenvalue weighted by Crippen LogP contribution is -2.15. The lowest BCUT2D eigenvalue weighted by Gasteiger charge is -2.14. The highest BCUT2D eigenvalue weighted by Gasteiger charge is 2.25. The van der Waals surface area contributed by atoms with Gasteiger partial charge in [-0.3, -0.25) is 9.78 Å². The molecule has 30 heavy (non-hydrogen) atoms. The highest BCUT2D eigenvalue weighted by Crippen LogP contribution is 2.30. The van der Waals surface area contributed by atoms with E-state index in [1.807, 2.05) is 26.8 Å². The van der Waals surface area contributed by atoms with E-state index in [0.29, 0.717) is 5.56 Å². The second-order valence-electron chi connectivity index (χ2n) is 7.08. The lowest BCUT2D eigenvalue weighted by atomic mass is 9.94. The summed E-state index contributed by atoms with van der Waals surface area (Å²) in [7, 11) is -2.23. The number of halogens is 1. The van der Waals surface area contributed by atoms with Crippen LogP contribution in [0.3, 0.4) is 0 Å². The summed E-state index contributed by atoms with van der Waals surface area (Å²) in [5.41, 5.74) is 3.92. The number of aliphatic hydroxyl groups is 1. The monoisotopic (exact) mass is 432 g/mol. The Morgan fingerprint density at radius 3 is 2.57 bits per heavy atom. The summed E-state index contributed by atoms with van der Waals surface area (Å²) >= 11 is 0. The molecule has 2 rings (SSSR count). The third-order valence-corrected chi connectivity index (χ3v) is 5.28. The first-order valence-corrected chi connectivity index (χ1v) is 10.8. The fourth-order valence-electron chi connectivity index (χ4n) is 2.82. The van der Waals surface area contributed by atoms with Crippen LogP contribution in [0.15, 0.2) is 30.3 Å². The zero-order chi connectivity index (χ0) is 22.3. The third kappa shape index (κ3) is 7.00. The van der Waals surface area contributed by atoms with E-state index in [9.17, 15) is 18.9 Å². The van der Waals surface area contributed by atoms with E-state index >= 15 is 0 Å². The quantitative estimate of drug-likeness (QED) is 0.478. The van der Waals surface area contributed by atoms with Crippen LogP contribution in [0.2, 0.25) is 0 Å². The Kier molecular flexibility index (Phi) is 8.61. The molecule has 2 N–H and O–H groups in total. The van der Waals surface area contributed by atoms with E-state index in [2.05, 4.69) is 16.8 Å². The van der Waals surface area contributed by atoms with Gasteiger partial charge in [0.2, 0.25) is 6.16 Å². The molecule has 1 aromatic heterocycles. The maximum Gasteiger partial charge on any atom is 0.511 e. The van der Waals surface area contributed by atoms with Gasteiger partial charge in [-0.25, -0.2) is 4.39 Å². The first-order valence-electron chi connectivity index (χ1n) is 9.41. The number of aliphatic hydroxyl groups excluding tert-OH is 1. The number of aromatic nitrogens is 1. The topological polar surface area (TPSA) is 96.7 Å². The number of aliphatic carboxylic acids is 1. The van der Waals surface area contributed by atoms with Gasteiger partial charge in [-0.15, -0.1) is 4.52 Å². The molecule has 8 heteroatoms. The van der Waals surface area contributed by atoms with Gasteiger partial charge in [0.15, 0.2) is 6.61 Å². The van der Waals surface area contributed by atoms with Crippen molar-refractivity contribution < 1.29 is 28.5 Å². The minimum Gasteiger partial charge on any atom is -0.481 e. The van der Waals surface area contributed by atoms with Gasteiger partial charge in [0, 0.05) is 11.3 Å². The lowest BCUT2D eigenvalue weighted by molar-refractivity contribution is -0.138. The molecular formula is C22H24FNO5P+. The Hall–Kier alpha value is -2.65. The molecule has 0 fully saturated rings. The van der Waals surface area contributed by atoms with Crippen LogP contribution in [-0.4, -0.2) is 40.0 Å². The molecular weight excluding hydrogens is 408 g/mol. The van der Waals surface area contributed by atoms with Gasteiger partial charge in [-0.2, -0.15) is 0 Å². The molecule has 0 saturated heterocycles. The van der Waals surface area contributed by atoms with Crippen molar-refractivity contribution in [3.8, 4) is 23.0 Å². The third-order valence-electron chi connectivity index (χ3n) is 4.14. The van der Waals surface area contributed by atoms with Gasteiger partial charge in [0.1, 0.15) is 11.9 Å². The summed E-state index contributed by atoms with van der Waals surface area (Å²) in [6, 6.07) is 8.00. The first kappa shape index (κ1) is 23.6. The molecule has 2 aromatic rings. The van der Waals surface area contributed by atoms with Crippen LogP contribution in [-0.2, 0) is 13.9 Å². The zero-order valence-electron chi connectivity index (χ0n) is 17.1. The molecule has 2 atom stereocenters. The Morgan fingerprint density at radius 2 is 1.97 bits per heavy atom. The fraction of sp³-hybridized carbons (Fsp3) is 0.364. The molecule has 0 aliphatic carbocycles. The van der Waals surface area contributed by atoms with E-state index in [1.54, 1.807) is 12.1 Å². The van der Waals surface area contributed by atoms with E-state index in [-0.39, 0.29) is 24.5 Å². The number of carboxylic acids is 1. The number of carboxylic acid groups (broad SMARTS) is 1. The molecule has 0 aliphatic heterocycles. The molecule has 0 aliphatic rings. The SMILES string of the molecule is Cc1cc(-c2ccc(F)cc2)c(C#CCO[P+](=O)CC(O)CC(=O)O)c(C(C)C)n1. The van der Waals surface area contributed by atoms with Gasteiger partial charge >= 0.3 is 14.0 Å². The number of pyridine rings is 1. The molecule has 158 valence electrons. The van der Waals surface area contributed by atoms with E-state index in [1.165, 1.54) is 12.1 Å². The largest absolute Gasteiger partial charge is 0.511 e. The van der Waals surface area contributed by atoms with Crippen molar-refractivity contribution in [2.75, 3.05) is 12.8 Å². The van der Waals surface area contributed by atoms with E-state index in [0.717, 1.165) is 22.5 Å². The number of rotatable bonds is 8. The Bertz CT molecular complexity index is 980. The van der Waals surface area contributed by atoms with Crippen molar-refractivity contribution in [3.05, 3.63) is 53.1 Å². The van der Waals surface area contributed by atoms with Crippen molar-refractivity contribution in [3.63, 3.8) is 0 Å². The standard InChI is InChI=1S/C22H23FNO5P/c1-14(2)22-19(5-4-10-29-30(28)13-18(25)12-21(26)27)20(11-15(3)24-22)16-6-8-17(23)9-7-16/h6-9,11,14,18,25H,10,12-13H2,1-3H3/p+1. The van der Waals surface area contributed by atoms with Gasteiger partial charge in [-0.05, 0) is 41.2 Å². The van der Waals surface area contributed by atoms with Gasteiger partial charge < -0.3 is 10.2 Å². The van der Waals surface area contributed by atoms with Crippen LogP contribution < -0.4 is 0 Å².